The van der Waals surface area contributed by atoms with Gasteiger partial charge in [0.2, 0.25) is 0 Å². The number of hydrogen-bond acceptors (Lipinski definition) is 3. The molecule has 0 aliphatic carbocycles. The van der Waals surface area contributed by atoms with Crippen LogP contribution in [0.2, 0.25) is 0 Å². The van der Waals surface area contributed by atoms with Crippen molar-refractivity contribution in [1.29, 1.82) is 0 Å². The Morgan fingerprint density at radius 1 is 1.28 bits per heavy atom. The van der Waals surface area contributed by atoms with Crippen LogP contribution in [0.4, 0.5) is 0 Å². The highest BCUT2D eigenvalue weighted by Crippen LogP contribution is 2.18. The molecule has 0 radical (unpaired) electrons. The number of halogens is 1. The lowest BCUT2D eigenvalue weighted by Gasteiger charge is -2.22. The fraction of sp³-hybridized carbons (Fsp3) is 0.632. The number of ether oxygens (including phenoxy) is 1. The Bertz CT molecular complexity index is 550. The molecule has 2 N–H and O–H groups in total. The number of nitrogens with zero attached hydrogens (tertiary/aromatic N) is 2. The number of nitrogens with one attached hydrogen (secondary N) is 2. The Kier molecular flexibility index (Phi) is 9.74. The Morgan fingerprint density at radius 3 is 2.52 bits per heavy atom. The number of guanidine groups is 1. The fourth-order valence-corrected chi connectivity index (χ4v) is 3.19. The van der Waals surface area contributed by atoms with Gasteiger partial charge in [0.1, 0.15) is 0 Å². The van der Waals surface area contributed by atoms with Crippen LogP contribution < -0.4 is 10.6 Å². The highest BCUT2D eigenvalue weighted by Gasteiger charge is 2.31. The summed E-state index contributed by atoms with van der Waals surface area (Å²) in [5.74, 6) is 1.48. The van der Waals surface area contributed by atoms with Crippen molar-refractivity contribution < 1.29 is 4.74 Å². The van der Waals surface area contributed by atoms with Gasteiger partial charge >= 0.3 is 0 Å². The first-order valence-electron chi connectivity index (χ1n) is 8.82. The van der Waals surface area contributed by atoms with Gasteiger partial charge in [-0.15, -0.1) is 24.0 Å². The van der Waals surface area contributed by atoms with Crippen molar-refractivity contribution in [2.24, 2.45) is 10.9 Å². The third kappa shape index (κ3) is 6.42. The Morgan fingerprint density at radius 2 is 1.96 bits per heavy atom. The predicted molar refractivity (Wildman–Crippen MR) is 116 cm³/mol. The molecule has 0 bridgehead atoms. The van der Waals surface area contributed by atoms with Crippen LogP contribution >= 0.6 is 24.0 Å². The molecule has 2 rings (SSSR count). The second-order valence-electron chi connectivity index (χ2n) is 6.90. The number of methoxy groups -OCH3 is 1. The smallest absolute Gasteiger partial charge is 0.191 e. The van der Waals surface area contributed by atoms with Gasteiger partial charge < -0.3 is 15.4 Å². The number of aliphatic imine (C=N–C) groups is 1. The van der Waals surface area contributed by atoms with Crippen LogP contribution in [0, 0.1) is 5.92 Å². The van der Waals surface area contributed by atoms with Gasteiger partial charge in [-0.05, 0) is 30.9 Å². The summed E-state index contributed by atoms with van der Waals surface area (Å²) >= 11 is 0. The van der Waals surface area contributed by atoms with Crippen molar-refractivity contribution in [1.82, 2.24) is 15.5 Å². The Labute approximate surface area is 169 Å². The van der Waals surface area contributed by atoms with Gasteiger partial charge in [-0.1, -0.05) is 31.2 Å². The maximum atomic E-state index is 5.28. The minimum absolute atomic E-state index is 0. The third-order valence-corrected chi connectivity index (χ3v) is 4.78. The van der Waals surface area contributed by atoms with Gasteiger partial charge in [-0.2, -0.15) is 0 Å². The lowest BCUT2D eigenvalue weighted by atomic mass is 10.1. The van der Waals surface area contributed by atoms with Gasteiger partial charge in [0.25, 0.3) is 0 Å². The minimum atomic E-state index is 0. The molecule has 0 saturated carbocycles. The first-order chi connectivity index (χ1) is 11.5. The van der Waals surface area contributed by atoms with E-state index < -0.39 is 0 Å². The number of benzene rings is 1. The fourth-order valence-electron chi connectivity index (χ4n) is 3.19. The first-order valence-corrected chi connectivity index (χ1v) is 8.82. The van der Waals surface area contributed by atoms with Crippen LogP contribution in [-0.4, -0.2) is 50.2 Å². The summed E-state index contributed by atoms with van der Waals surface area (Å²) in [4.78, 5) is 6.91. The van der Waals surface area contributed by atoms with Crippen molar-refractivity contribution in [2.45, 2.75) is 46.0 Å². The van der Waals surface area contributed by atoms with Crippen LogP contribution in [0.5, 0.6) is 0 Å². The quantitative estimate of drug-likeness (QED) is 0.390. The van der Waals surface area contributed by atoms with E-state index in [0.717, 1.165) is 25.6 Å². The van der Waals surface area contributed by atoms with Crippen molar-refractivity contribution in [3.8, 4) is 0 Å². The number of rotatable bonds is 6. The average molecular weight is 460 g/mol. The molecule has 142 valence electrons. The Hall–Kier alpha value is -0.860. The van der Waals surface area contributed by atoms with Crippen molar-refractivity contribution in [3.63, 3.8) is 0 Å². The molecule has 0 aromatic heterocycles. The van der Waals surface area contributed by atoms with E-state index in [9.17, 15) is 0 Å². The summed E-state index contributed by atoms with van der Waals surface area (Å²) in [6.45, 7) is 10.4. The molecule has 1 fully saturated rings. The molecule has 6 heteroatoms. The predicted octanol–water partition coefficient (Wildman–Crippen LogP) is 2.84. The molecule has 25 heavy (non-hydrogen) atoms. The summed E-state index contributed by atoms with van der Waals surface area (Å²) in [6.07, 6.45) is 0. The van der Waals surface area contributed by atoms with E-state index in [0.29, 0.717) is 24.6 Å². The van der Waals surface area contributed by atoms with Gasteiger partial charge in [-0.25, -0.2) is 0 Å². The van der Waals surface area contributed by atoms with Gasteiger partial charge in [0.05, 0.1) is 6.61 Å². The molecule has 2 atom stereocenters. The molecule has 1 aliphatic rings. The number of likely N-dealkylation sites (tertiary alicyclic amines) is 1. The van der Waals surface area contributed by atoms with E-state index in [-0.39, 0.29) is 24.0 Å². The molecule has 5 nitrogen and oxygen atoms in total. The second kappa shape index (κ2) is 11.0. The van der Waals surface area contributed by atoms with E-state index in [2.05, 4.69) is 59.5 Å². The zero-order valence-electron chi connectivity index (χ0n) is 16.1. The lowest BCUT2D eigenvalue weighted by Crippen LogP contribution is -2.46. The standard InChI is InChI=1S/C19H32N4O.HI/c1-14(2)23-11-15(3)18(12-23)22-19(20-4)21-10-16-8-6-7-9-17(16)13-24-5;/h6-9,14-15,18H,10-13H2,1-5H3,(H2,20,21,22);1H. The first kappa shape index (κ1) is 22.2. The molecule has 2 unspecified atom stereocenters. The summed E-state index contributed by atoms with van der Waals surface area (Å²) < 4.78 is 5.28. The van der Waals surface area contributed by atoms with Crippen molar-refractivity contribution in [2.75, 3.05) is 27.2 Å². The number of hydrogen-bond donors (Lipinski definition) is 2. The zero-order valence-corrected chi connectivity index (χ0v) is 18.4. The van der Waals surface area contributed by atoms with Gasteiger partial charge in [0.15, 0.2) is 5.96 Å². The summed E-state index contributed by atoms with van der Waals surface area (Å²) in [6, 6.07) is 9.38. The van der Waals surface area contributed by atoms with Crippen molar-refractivity contribution >= 4 is 29.9 Å². The van der Waals surface area contributed by atoms with Crippen molar-refractivity contribution in [3.05, 3.63) is 35.4 Å². The monoisotopic (exact) mass is 460 g/mol. The van der Waals surface area contributed by atoms with E-state index >= 15 is 0 Å². The van der Waals surface area contributed by atoms with Gasteiger partial charge in [0, 0.05) is 45.9 Å². The van der Waals surface area contributed by atoms with E-state index in [1.54, 1.807) is 7.11 Å². The SMILES string of the molecule is CN=C(NCc1ccccc1COC)NC1CN(C(C)C)CC1C.I. The molecular weight excluding hydrogens is 427 g/mol. The van der Waals surface area contributed by atoms with Crippen LogP contribution in [-0.2, 0) is 17.9 Å². The van der Waals surface area contributed by atoms with E-state index in [4.69, 9.17) is 4.74 Å². The largest absolute Gasteiger partial charge is 0.380 e. The third-order valence-electron chi connectivity index (χ3n) is 4.78. The highest BCUT2D eigenvalue weighted by molar-refractivity contribution is 14.0. The average Bonchev–Trinajstić information content (AvgIpc) is 2.94. The molecule has 1 heterocycles. The topological polar surface area (TPSA) is 48.9 Å². The molecule has 1 saturated heterocycles. The highest BCUT2D eigenvalue weighted by atomic mass is 127. The van der Waals surface area contributed by atoms with Crippen LogP contribution in [0.15, 0.2) is 29.3 Å². The molecule has 0 amide bonds. The van der Waals surface area contributed by atoms with Crippen LogP contribution in [0.3, 0.4) is 0 Å². The molecule has 0 spiro atoms. The Balaban J connectivity index is 0.00000312. The molecule has 1 aromatic carbocycles. The van der Waals surface area contributed by atoms with Gasteiger partial charge in [-0.3, -0.25) is 9.89 Å². The zero-order chi connectivity index (χ0) is 17.5. The molecule has 1 aromatic rings. The maximum Gasteiger partial charge on any atom is 0.191 e. The van der Waals surface area contributed by atoms with E-state index in [1.165, 1.54) is 11.1 Å². The minimum Gasteiger partial charge on any atom is -0.380 e. The van der Waals surface area contributed by atoms with E-state index in [1.807, 2.05) is 13.1 Å². The summed E-state index contributed by atoms with van der Waals surface area (Å²) in [7, 11) is 3.56. The normalized spacial score (nSPS) is 21.3. The molecular formula is C19H33IN4O. The lowest BCUT2D eigenvalue weighted by molar-refractivity contribution is 0.184. The van der Waals surface area contributed by atoms with Crippen LogP contribution in [0.1, 0.15) is 31.9 Å². The van der Waals surface area contributed by atoms with Crippen LogP contribution in [0.25, 0.3) is 0 Å². The summed E-state index contributed by atoms with van der Waals surface area (Å²) in [5, 5.41) is 7.03. The summed E-state index contributed by atoms with van der Waals surface area (Å²) in [5.41, 5.74) is 2.45. The second-order valence-corrected chi connectivity index (χ2v) is 6.90. The molecule has 1 aliphatic heterocycles. The maximum absolute atomic E-state index is 5.28.